The maximum atomic E-state index is 14.1. The molecular formula is C29H24F3N3O2S. The number of nitriles is 1. The Morgan fingerprint density at radius 3 is 2.39 bits per heavy atom. The van der Waals surface area contributed by atoms with E-state index in [9.17, 15) is 23.2 Å². The number of methoxy groups -OCH3 is 1. The molecule has 0 bridgehead atoms. The highest BCUT2D eigenvalue weighted by molar-refractivity contribution is 8.02. The van der Waals surface area contributed by atoms with Crippen molar-refractivity contribution in [2.45, 2.75) is 17.8 Å². The number of anilines is 1. The van der Waals surface area contributed by atoms with Crippen LogP contribution in [-0.2, 0) is 16.7 Å². The molecule has 38 heavy (non-hydrogen) atoms. The molecule has 1 unspecified atom stereocenters. The monoisotopic (exact) mass is 535 g/mol. The van der Waals surface area contributed by atoms with Gasteiger partial charge < -0.3 is 15.0 Å². The highest BCUT2D eigenvalue weighted by Gasteiger charge is 2.41. The van der Waals surface area contributed by atoms with Gasteiger partial charge in [-0.1, -0.05) is 60.7 Å². The van der Waals surface area contributed by atoms with E-state index in [1.807, 2.05) is 30.3 Å². The van der Waals surface area contributed by atoms with Crippen LogP contribution in [0.2, 0.25) is 0 Å². The number of hydrogen-bond acceptors (Lipinski definition) is 5. The SMILES string of the molecule is COc1ccccc1NC(=O)C1=CN(C)C(SCc2ccccc2)=C(C#N)C1c1ccccc1C(F)(F)F. The third-order valence-corrected chi connectivity index (χ3v) is 7.28. The van der Waals surface area contributed by atoms with Crippen molar-refractivity contribution in [1.82, 2.24) is 4.90 Å². The molecule has 5 nitrogen and oxygen atoms in total. The third-order valence-electron chi connectivity index (χ3n) is 6.02. The quantitative estimate of drug-likeness (QED) is 0.355. The highest BCUT2D eigenvalue weighted by Crippen LogP contribution is 2.46. The standard InChI is InChI=1S/C29H24F3N3O2S/c1-35-17-22(27(36)34-24-14-8-9-15-25(24)37-2)26(20-12-6-7-13-23(20)29(30,31)32)21(16-33)28(35)38-18-19-10-4-3-5-11-19/h3-15,17,26H,18H2,1-2H3,(H,34,36). The largest absolute Gasteiger partial charge is 0.495 e. The predicted molar refractivity (Wildman–Crippen MR) is 142 cm³/mol. The lowest BCUT2D eigenvalue weighted by atomic mass is 9.81. The molecule has 3 aromatic rings. The van der Waals surface area contributed by atoms with Crippen LogP contribution in [0.4, 0.5) is 18.9 Å². The van der Waals surface area contributed by atoms with Crippen LogP contribution in [0.5, 0.6) is 5.75 Å². The average Bonchev–Trinajstić information content (AvgIpc) is 2.92. The summed E-state index contributed by atoms with van der Waals surface area (Å²) in [6, 6.07) is 23.4. The van der Waals surface area contributed by atoms with Crippen molar-refractivity contribution in [2.75, 3.05) is 19.5 Å². The van der Waals surface area contributed by atoms with Crippen molar-refractivity contribution >= 4 is 23.4 Å². The minimum atomic E-state index is -4.68. The number of nitrogens with zero attached hydrogens (tertiary/aromatic N) is 2. The Kier molecular flexibility index (Phi) is 8.13. The van der Waals surface area contributed by atoms with E-state index in [-0.39, 0.29) is 16.7 Å². The first-order valence-electron chi connectivity index (χ1n) is 11.6. The predicted octanol–water partition coefficient (Wildman–Crippen LogP) is 6.93. The van der Waals surface area contributed by atoms with Crippen molar-refractivity contribution in [2.24, 2.45) is 0 Å². The zero-order valence-electron chi connectivity index (χ0n) is 20.6. The van der Waals surface area contributed by atoms with E-state index in [0.717, 1.165) is 11.6 Å². The summed E-state index contributed by atoms with van der Waals surface area (Å²) >= 11 is 1.33. The lowest BCUT2D eigenvalue weighted by Gasteiger charge is -2.33. The molecule has 194 valence electrons. The number of allylic oxidation sites excluding steroid dienone is 1. The first-order valence-corrected chi connectivity index (χ1v) is 12.6. The second-order valence-corrected chi connectivity index (χ2v) is 9.44. The molecule has 1 atom stereocenters. The van der Waals surface area contributed by atoms with Gasteiger partial charge in [-0.05, 0) is 29.3 Å². The van der Waals surface area contributed by atoms with Gasteiger partial charge in [0.2, 0.25) is 0 Å². The van der Waals surface area contributed by atoms with E-state index < -0.39 is 23.6 Å². The lowest BCUT2D eigenvalue weighted by Crippen LogP contribution is -2.29. The molecule has 1 heterocycles. The topological polar surface area (TPSA) is 65.4 Å². The fourth-order valence-corrected chi connectivity index (χ4v) is 5.36. The summed E-state index contributed by atoms with van der Waals surface area (Å²) < 4.78 is 47.6. The number of carbonyl (C=O) groups is 1. The maximum absolute atomic E-state index is 14.1. The van der Waals surface area contributed by atoms with Crippen LogP contribution < -0.4 is 10.1 Å². The van der Waals surface area contributed by atoms with Gasteiger partial charge >= 0.3 is 6.18 Å². The summed E-state index contributed by atoms with van der Waals surface area (Å²) in [5, 5.41) is 13.5. The van der Waals surface area contributed by atoms with E-state index in [0.29, 0.717) is 22.2 Å². The molecule has 0 spiro atoms. The van der Waals surface area contributed by atoms with Crippen molar-refractivity contribution in [3.05, 3.63) is 118 Å². The van der Waals surface area contributed by atoms with Crippen LogP contribution in [0.1, 0.15) is 22.6 Å². The van der Waals surface area contributed by atoms with Gasteiger partial charge in [-0.2, -0.15) is 18.4 Å². The van der Waals surface area contributed by atoms with Crippen molar-refractivity contribution < 1.29 is 22.7 Å². The number of carbonyl (C=O) groups excluding carboxylic acids is 1. The van der Waals surface area contributed by atoms with Gasteiger partial charge in [-0.25, -0.2) is 0 Å². The van der Waals surface area contributed by atoms with Crippen LogP contribution in [0.25, 0.3) is 0 Å². The van der Waals surface area contributed by atoms with E-state index in [4.69, 9.17) is 4.74 Å². The number of hydrogen-bond donors (Lipinski definition) is 1. The lowest BCUT2D eigenvalue weighted by molar-refractivity contribution is -0.138. The van der Waals surface area contributed by atoms with Crippen LogP contribution in [0.15, 0.2) is 101 Å². The second kappa shape index (κ2) is 11.5. The summed E-state index contributed by atoms with van der Waals surface area (Å²) in [5.74, 6) is -0.978. The summed E-state index contributed by atoms with van der Waals surface area (Å²) in [6.45, 7) is 0. The Morgan fingerprint density at radius 1 is 1.05 bits per heavy atom. The van der Waals surface area contributed by atoms with Crippen LogP contribution in [-0.4, -0.2) is 25.0 Å². The van der Waals surface area contributed by atoms with E-state index in [2.05, 4.69) is 11.4 Å². The maximum Gasteiger partial charge on any atom is 0.416 e. The first kappa shape index (κ1) is 26.9. The molecule has 3 aromatic carbocycles. The second-order valence-electron chi connectivity index (χ2n) is 8.47. The number of halogens is 3. The van der Waals surface area contributed by atoms with E-state index >= 15 is 0 Å². The summed E-state index contributed by atoms with van der Waals surface area (Å²) in [5.41, 5.74) is 0.368. The zero-order chi connectivity index (χ0) is 27.3. The summed E-state index contributed by atoms with van der Waals surface area (Å²) in [6.07, 6.45) is -3.18. The van der Waals surface area contributed by atoms with Gasteiger partial charge in [0.1, 0.15) is 5.75 Å². The Bertz CT molecular complexity index is 1430. The van der Waals surface area contributed by atoms with Gasteiger partial charge in [0.15, 0.2) is 0 Å². The van der Waals surface area contributed by atoms with Crippen molar-refractivity contribution in [1.29, 1.82) is 5.26 Å². The number of amides is 1. The highest BCUT2D eigenvalue weighted by atomic mass is 32.2. The van der Waals surface area contributed by atoms with Gasteiger partial charge in [-0.15, -0.1) is 11.8 Å². The third kappa shape index (κ3) is 5.71. The number of ether oxygens (including phenoxy) is 1. The number of rotatable bonds is 7. The first-order chi connectivity index (χ1) is 18.2. The Hall–Kier alpha value is -4.16. The molecule has 1 aliphatic rings. The number of benzene rings is 3. The van der Waals surface area contributed by atoms with Gasteiger partial charge in [0.25, 0.3) is 5.91 Å². The number of para-hydroxylation sites is 2. The molecule has 1 amide bonds. The molecule has 0 aromatic heterocycles. The van der Waals surface area contributed by atoms with Gasteiger partial charge in [-0.3, -0.25) is 4.79 Å². The Labute approximate surface area is 223 Å². The Balaban J connectivity index is 1.82. The molecule has 0 radical (unpaired) electrons. The summed E-state index contributed by atoms with van der Waals surface area (Å²) in [7, 11) is 3.13. The fourth-order valence-electron chi connectivity index (χ4n) is 4.29. The van der Waals surface area contributed by atoms with E-state index in [1.165, 1.54) is 43.3 Å². The molecule has 0 saturated heterocycles. The van der Waals surface area contributed by atoms with Crippen LogP contribution in [0.3, 0.4) is 0 Å². The molecule has 0 fully saturated rings. The van der Waals surface area contributed by atoms with Crippen molar-refractivity contribution in [3.8, 4) is 11.8 Å². The normalized spacial score (nSPS) is 15.5. The molecular weight excluding hydrogens is 511 g/mol. The van der Waals surface area contributed by atoms with Gasteiger partial charge in [0.05, 0.1) is 40.9 Å². The number of nitrogens with one attached hydrogen (secondary N) is 1. The molecule has 9 heteroatoms. The number of thioether (sulfide) groups is 1. The number of alkyl halides is 3. The van der Waals surface area contributed by atoms with E-state index in [1.54, 1.807) is 36.2 Å². The van der Waals surface area contributed by atoms with Gasteiger partial charge in [0, 0.05) is 24.6 Å². The fraction of sp³-hybridized carbons (Fsp3) is 0.172. The summed E-state index contributed by atoms with van der Waals surface area (Å²) in [4.78, 5) is 15.2. The molecule has 1 aliphatic heterocycles. The smallest absolute Gasteiger partial charge is 0.416 e. The molecule has 4 rings (SSSR count). The molecule has 1 N–H and O–H groups in total. The molecule has 0 aliphatic carbocycles. The Morgan fingerprint density at radius 2 is 1.71 bits per heavy atom. The van der Waals surface area contributed by atoms with Crippen LogP contribution in [0, 0.1) is 11.3 Å². The minimum Gasteiger partial charge on any atom is -0.495 e. The van der Waals surface area contributed by atoms with Crippen LogP contribution >= 0.6 is 11.8 Å². The van der Waals surface area contributed by atoms with Crippen molar-refractivity contribution in [3.63, 3.8) is 0 Å². The minimum absolute atomic E-state index is 0.00992. The zero-order valence-corrected chi connectivity index (χ0v) is 21.4. The average molecular weight is 536 g/mol. The molecule has 0 saturated carbocycles.